The maximum atomic E-state index is 12.6. The van der Waals surface area contributed by atoms with Gasteiger partial charge in [-0.2, -0.15) is 5.10 Å². The van der Waals surface area contributed by atoms with Crippen molar-refractivity contribution >= 4 is 29.1 Å². The molecule has 1 atom stereocenters. The molecule has 0 aliphatic carbocycles. The van der Waals surface area contributed by atoms with Crippen molar-refractivity contribution in [3.63, 3.8) is 0 Å². The number of halogens is 2. The van der Waals surface area contributed by atoms with Gasteiger partial charge >= 0.3 is 0 Å². The van der Waals surface area contributed by atoms with Gasteiger partial charge in [-0.05, 0) is 55.8 Å². The average molecular weight is 402 g/mol. The second-order valence-electron chi connectivity index (χ2n) is 6.14. The number of rotatable bonds is 4. The van der Waals surface area contributed by atoms with Crippen LogP contribution in [0.4, 0.5) is 0 Å². The highest BCUT2D eigenvalue weighted by Crippen LogP contribution is 2.18. The molecule has 0 fully saturated rings. The van der Waals surface area contributed by atoms with Crippen LogP contribution in [0.3, 0.4) is 0 Å². The summed E-state index contributed by atoms with van der Waals surface area (Å²) < 4.78 is 1.54. The largest absolute Gasteiger partial charge is 0.344 e. The quantitative estimate of drug-likeness (QED) is 0.706. The SMILES string of the molecule is Cc1cc(=O)c(C(=O)NC(C)c2cccc(Cl)c2)nn1-c1ccc(Cl)cc1. The molecule has 27 heavy (non-hydrogen) atoms. The van der Waals surface area contributed by atoms with Gasteiger partial charge in [0.25, 0.3) is 5.91 Å². The molecule has 0 aliphatic rings. The van der Waals surface area contributed by atoms with E-state index >= 15 is 0 Å². The molecule has 1 heterocycles. The molecule has 1 unspecified atom stereocenters. The van der Waals surface area contributed by atoms with E-state index in [1.165, 1.54) is 10.7 Å². The van der Waals surface area contributed by atoms with Crippen LogP contribution in [0.15, 0.2) is 59.4 Å². The predicted octanol–water partition coefficient (Wildman–Crippen LogP) is 4.34. The van der Waals surface area contributed by atoms with Crippen molar-refractivity contribution in [2.45, 2.75) is 19.9 Å². The molecule has 1 amide bonds. The van der Waals surface area contributed by atoms with E-state index < -0.39 is 11.3 Å². The molecule has 2 aromatic carbocycles. The van der Waals surface area contributed by atoms with Gasteiger partial charge in [0.1, 0.15) is 0 Å². The first-order chi connectivity index (χ1) is 12.8. The lowest BCUT2D eigenvalue weighted by molar-refractivity contribution is 0.0932. The summed E-state index contributed by atoms with van der Waals surface area (Å²) in [7, 11) is 0. The zero-order chi connectivity index (χ0) is 19.6. The van der Waals surface area contributed by atoms with Crippen molar-refractivity contribution in [1.29, 1.82) is 0 Å². The van der Waals surface area contributed by atoms with Crippen molar-refractivity contribution < 1.29 is 4.79 Å². The van der Waals surface area contributed by atoms with Crippen molar-refractivity contribution in [3.05, 3.63) is 91.8 Å². The Bertz CT molecular complexity index is 1050. The first kappa shape index (κ1) is 19.1. The number of nitrogens with one attached hydrogen (secondary N) is 1. The van der Waals surface area contributed by atoms with Gasteiger partial charge in [-0.1, -0.05) is 35.3 Å². The van der Waals surface area contributed by atoms with Crippen LogP contribution >= 0.6 is 23.2 Å². The van der Waals surface area contributed by atoms with Crippen LogP contribution in [0.1, 0.15) is 34.7 Å². The Hall–Kier alpha value is -2.63. The molecule has 0 bridgehead atoms. The standard InChI is InChI=1S/C20H17Cl2N3O2/c1-12-10-18(26)19(24-25(12)17-8-6-15(21)7-9-17)20(27)23-13(2)14-4-3-5-16(22)11-14/h3-11,13H,1-2H3,(H,23,27). The fraction of sp³-hybridized carbons (Fsp3) is 0.150. The first-order valence-corrected chi connectivity index (χ1v) is 9.04. The molecule has 7 heteroatoms. The number of amides is 1. The van der Waals surface area contributed by atoms with Crippen molar-refractivity contribution in [2.75, 3.05) is 0 Å². The monoisotopic (exact) mass is 401 g/mol. The lowest BCUT2D eigenvalue weighted by atomic mass is 10.1. The number of benzene rings is 2. The predicted molar refractivity (Wildman–Crippen MR) is 107 cm³/mol. The number of carbonyl (C=O) groups is 1. The molecule has 0 saturated heterocycles. The summed E-state index contributed by atoms with van der Waals surface area (Å²) in [6.45, 7) is 3.56. The number of carbonyl (C=O) groups excluding carboxylic acids is 1. The van der Waals surface area contributed by atoms with Crippen LogP contribution in [0.5, 0.6) is 0 Å². The molecule has 0 saturated carbocycles. The molecule has 138 valence electrons. The van der Waals surface area contributed by atoms with Crippen LogP contribution in [0, 0.1) is 6.92 Å². The Balaban J connectivity index is 1.91. The van der Waals surface area contributed by atoms with E-state index in [4.69, 9.17) is 23.2 Å². The fourth-order valence-corrected chi connectivity index (χ4v) is 3.00. The fourth-order valence-electron chi connectivity index (χ4n) is 2.67. The highest BCUT2D eigenvalue weighted by molar-refractivity contribution is 6.30. The molecule has 1 N–H and O–H groups in total. The van der Waals surface area contributed by atoms with E-state index in [2.05, 4.69) is 10.4 Å². The zero-order valence-electron chi connectivity index (χ0n) is 14.7. The number of hydrogen-bond donors (Lipinski definition) is 1. The lowest BCUT2D eigenvalue weighted by Gasteiger charge is -2.15. The summed E-state index contributed by atoms with van der Waals surface area (Å²) in [6.07, 6.45) is 0. The zero-order valence-corrected chi connectivity index (χ0v) is 16.3. The Kier molecular flexibility index (Phi) is 5.63. The van der Waals surface area contributed by atoms with Crippen molar-refractivity contribution in [1.82, 2.24) is 15.1 Å². The number of nitrogens with zero attached hydrogens (tertiary/aromatic N) is 2. The van der Waals surface area contributed by atoms with E-state index in [1.54, 1.807) is 49.4 Å². The van der Waals surface area contributed by atoms with Crippen LogP contribution in [-0.4, -0.2) is 15.7 Å². The Morgan fingerprint density at radius 3 is 2.44 bits per heavy atom. The van der Waals surface area contributed by atoms with Gasteiger partial charge in [0, 0.05) is 21.8 Å². The number of hydrogen-bond acceptors (Lipinski definition) is 3. The average Bonchev–Trinajstić information content (AvgIpc) is 2.62. The highest BCUT2D eigenvalue weighted by atomic mass is 35.5. The minimum absolute atomic E-state index is 0.176. The first-order valence-electron chi connectivity index (χ1n) is 8.28. The second kappa shape index (κ2) is 7.94. The third-order valence-electron chi connectivity index (χ3n) is 4.09. The highest BCUT2D eigenvalue weighted by Gasteiger charge is 2.18. The number of aryl methyl sites for hydroxylation is 1. The van der Waals surface area contributed by atoms with E-state index in [9.17, 15) is 9.59 Å². The smallest absolute Gasteiger partial charge is 0.276 e. The van der Waals surface area contributed by atoms with Gasteiger partial charge in [0.2, 0.25) is 5.43 Å². The lowest BCUT2D eigenvalue weighted by Crippen LogP contribution is -2.33. The van der Waals surface area contributed by atoms with E-state index in [-0.39, 0.29) is 11.7 Å². The molecular weight excluding hydrogens is 385 g/mol. The number of aromatic nitrogens is 2. The summed E-state index contributed by atoms with van der Waals surface area (Å²) in [4.78, 5) is 25.0. The van der Waals surface area contributed by atoms with E-state index in [0.717, 1.165) is 5.56 Å². The third-order valence-corrected chi connectivity index (χ3v) is 4.58. The van der Waals surface area contributed by atoms with Gasteiger partial charge in [0.15, 0.2) is 5.69 Å². The molecule has 3 rings (SSSR count). The van der Waals surface area contributed by atoms with Crippen LogP contribution in [0.2, 0.25) is 10.0 Å². The maximum absolute atomic E-state index is 12.6. The Morgan fingerprint density at radius 1 is 1.07 bits per heavy atom. The summed E-state index contributed by atoms with van der Waals surface area (Å²) in [5.41, 5.74) is 1.54. The van der Waals surface area contributed by atoms with Crippen LogP contribution in [-0.2, 0) is 0 Å². The van der Waals surface area contributed by atoms with Crippen molar-refractivity contribution in [3.8, 4) is 5.69 Å². The molecule has 0 aliphatic heterocycles. The Labute approximate surface area is 166 Å². The van der Waals surface area contributed by atoms with Gasteiger partial charge < -0.3 is 5.32 Å². The molecular formula is C20H17Cl2N3O2. The molecule has 5 nitrogen and oxygen atoms in total. The molecule has 3 aromatic rings. The van der Waals surface area contributed by atoms with E-state index in [0.29, 0.717) is 21.4 Å². The Morgan fingerprint density at radius 2 is 1.78 bits per heavy atom. The minimum Gasteiger partial charge on any atom is -0.344 e. The molecule has 0 spiro atoms. The maximum Gasteiger partial charge on any atom is 0.276 e. The van der Waals surface area contributed by atoms with Crippen LogP contribution in [0.25, 0.3) is 5.69 Å². The summed E-state index contributed by atoms with van der Waals surface area (Å²) in [6, 6.07) is 15.2. The van der Waals surface area contributed by atoms with Crippen molar-refractivity contribution in [2.24, 2.45) is 0 Å². The third kappa shape index (κ3) is 4.38. The second-order valence-corrected chi connectivity index (χ2v) is 7.01. The van der Waals surface area contributed by atoms with Gasteiger partial charge in [-0.3, -0.25) is 9.59 Å². The minimum atomic E-state index is -0.546. The molecule has 1 aromatic heterocycles. The van der Waals surface area contributed by atoms with Crippen LogP contribution < -0.4 is 10.7 Å². The van der Waals surface area contributed by atoms with E-state index in [1.807, 2.05) is 13.0 Å². The topological polar surface area (TPSA) is 64.0 Å². The van der Waals surface area contributed by atoms with Gasteiger partial charge in [-0.25, -0.2) is 4.68 Å². The normalized spacial score (nSPS) is 11.9. The summed E-state index contributed by atoms with van der Waals surface area (Å²) in [5, 5.41) is 8.22. The summed E-state index contributed by atoms with van der Waals surface area (Å²) in [5.74, 6) is -0.546. The summed E-state index contributed by atoms with van der Waals surface area (Å²) >= 11 is 11.9. The molecule has 0 radical (unpaired) electrons. The van der Waals surface area contributed by atoms with Gasteiger partial charge in [-0.15, -0.1) is 0 Å². The van der Waals surface area contributed by atoms with Gasteiger partial charge in [0.05, 0.1) is 11.7 Å².